The largest absolute Gasteiger partial charge is 0.459 e. The lowest BCUT2D eigenvalue weighted by Crippen LogP contribution is -2.37. The van der Waals surface area contributed by atoms with Crippen molar-refractivity contribution in [2.45, 2.75) is 146 Å². The van der Waals surface area contributed by atoms with Gasteiger partial charge >= 0.3 is 0 Å². The second-order valence-corrected chi connectivity index (χ2v) is 36.9. The lowest BCUT2D eigenvalue weighted by atomic mass is 9.91. The van der Waals surface area contributed by atoms with E-state index >= 15 is 0 Å². The van der Waals surface area contributed by atoms with Gasteiger partial charge in [-0.15, -0.1) is 0 Å². The molecule has 0 bridgehead atoms. The number of hydrogen-bond acceptors (Lipinski definition) is 8. The number of hydrogen-bond donors (Lipinski definition) is 9. The molecular weight excluding hydrogens is 1840 g/mol. The zero-order valence-corrected chi connectivity index (χ0v) is 74.3. The van der Waals surface area contributed by atoms with Crippen molar-refractivity contribution in [3.63, 3.8) is 0 Å². The monoisotopic (exact) mass is 1920 g/mol. The van der Waals surface area contributed by atoms with Crippen LogP contribution in [-0.4, -0.2) is 78.3 Å². The van der Waals surface area contributed by atoms with Crippen molar-refractivity contribution in [1.29, 1.82) is 0 Å². The summed E-state index contributed by atoms with van der Waals surface area (Å²) in [5.74, 6) is 1.13. The number of rotatable bonds is 12. The third kappa shape index (κ3) is 17.8. The number of aryl methyl sites for hydroxylation is 5. The fraction of sp³-hybridized carbons (Fsp3) is 0.281. The molecule has 5 atom stereocenters. The van der Waals surface area contributed by atoms with Crippen LogP contribution in [0.1, 0.15) is 202 Å². The van der Waals surface area contributed by atoms with E-state index in [2.05, 4.69) is 233 Å². The average molecular weight is 1930 g/mol. The number of fused-ring (bicyclic) bond motifs is 16. The highest BCUT2D eigenvalue weighted by molar-refractivity contribution is 9.11. The van der Waals surface area contributed by atoms with Gasteiger partial charge in [0.1, 0.15) is 11.3 Å². The first-order chi connectivity index (χ1) is 58.1. The summed E-state index contributed by atoms with van der Waals surface area (Å²) in [7, 11) is 0. The molecule has 6 aliphatic rings. The van der Waals surface area contributed by atoms with Crippen LogP contribution in [0.4, 0.5) is 0 Å². The predicted molar refractivity (Wildman–Crippen MR) is 493 cm³/mol. The SMILES string of the molecule is Brc1ccc2[nH]c3c(c2c1)CCCC3NCCN1CCCCC1.Brc1ccc2c3c([nH]c2c1)C(n1cccc1)CCC3.O=C(NC1CCCc2c1[nH]c1ccc(Br)cc21)c1cc2ccccc2o1.O=C(NC1CCCc2c1[nH]c1ccc(Br)cc21)c1ccc(-c2ccc(Cl)cc2)o1.O=C(NC1CCCc2c1[nH]c1ccc(Br)cc21)c1ccco1. The number of amides is 3. The van der Waals surface area contributed by atoms with Crippen molar-refractivity contribution in [2.75, 3.05) is 26.2 Å². The van der Waals surface area contributed by atoms with E-state index in [0.717, 1.165) is 132 Å². The molecule has 17 nitrogen and oxygen atoms in total. The lowest BCUT2D eigenvalue weighted by molar-refractivity contribution is 0.0896. The maximum absolute atomic E-state index is 12.8. The molecule has 0 spiro atoms. The van der Waals surface area contributed by atoms with Gasteiger partial charge in [0.2, 0.25) is 0 Å². The fourth-order valence-electron chi connectivity index (χ4n) is 18.6. The smallest absolute Gasteiger partial charge is 0.287 e. The Kier molecular flexibility index (Phi) is 24.5. The summed E-state index contributed by atoms with van der Waals surface area (Å²) in [5.41, 5.74) is 20.6. The number of aromatic amines is 5. The van der Waals surface area contributed by atoms with Crippen LogP contribution in [-0.2, 0) is 32.1 Å². The minimum absolute atomic E-state index is 0.00697. The molecule has 9 aromatic heterocycles. The maximum Gasteiger partial charge on any atom is 0.287 e. The molecular formula is C96H91Br5ClN11O6. The first-order valence-corrected chi connectivity index (χ1v) is 45.9. The quantitative estimate of drug-likeness (QED) is 0.0570. The Balaban J connectivity index is 0.000000103. The minimum atomic E-state index is -0.206. The number of H-pyrrole nitrogens is 5. The lowest BCUT2D eigenvalue weighted by Gasteiger charge is -2.29. The Labute approximate surface area is 736 Å². The Bertz CT molecular complexity index is 6310. The number of nitrogens with zero attached hydrogens (tertiary/aromatic N) is 2. The zero-order chi connectivity index (χ0) is 81.2. The van der Waals surface area contributed by atoms with Crippen molar-refractivity contribution in [3.8, 4) is 11.3 Å². The fourth-order valence-corrected chi connectivity index (χ4v) is 20.6. The van der Waals surface area contributed by atoms with Crippen molar-refractivity contribution in [2.24, 2.45) is 0 Å². The summed E-state index contributed by atoms with van der Waals surface area (Å²) < 4.78 is 24.5. The van der Waals surface area contributed by atoms with Crippen molar-refractivity contribution in [3.05, 3.63) is 302 Å². The van der Waals surface area contributed by atoms with Gasteiger partial charge in [-0.05, 0) is 308 Å². The third-order valence-electron chi connectivity index (χ3n) is 24.3. The normalized spacial score (nSPS) is 18.1. The van der Waals surface area contributed by atoms with Crippen LogP contribution in [0.3, 0.4) is 0 Å². The number of carbonyl (C=O) groups is 3. The molecule has 23 heteroatoms. The Morgan fingerprint density at radius 2 is 0.866 bits per heavy atom. The molecule has 3 amide bonds. The second kappa shape index (κ2) is 36.1. The molecule has 5 unspecified atom stereocenters. The maximum atomic E-state index is 12.8. The number of halogens is 6. The summed E-state index contributed by atoms with van der Waals surface area (Å²) in [6, 6.07) is 60.7. The molecule has 5 aliphatic carbocycles. The molecule has 7 aromatic carbocycles. The van der Waals surface area contributed by atoms with Gasteiger partial charge in [0.05, 0.1) is 30.4 Å². The van der Waals surface area contributed by atoms with Gasteiger partial charge in [-0.2, -0.15) is 0 Å². The van der Waals surface area contributed by atoms with Crippen molar-refractivity contribution >= 4 is 174 Å². The number of benzene rings is 7. The molecule has 16 aromatic rings. The third-order valence-corrected chi connectivity index (χ3v) is 27.1. The van der Waals surface area contributed by atoms with E-state index in [1.54, 1.807) is 36.4 Å². The molecule has 119 heavy (non-hydrogen) atoms. The van der Waals surface area contributed by atoms with E-state index < -0.39 is 0 Å². The van der Waals surface area contributed by atoms with Crippen molar-refractivity contribution in [1.82, 2.24) is 55.7 Å². The summed E-state index contributed by atoms with van der Waals surface area (Å²) in [4.78, 5) is 58.2. The van der Waals surface area contributed by atoms with E-state index in [0.29, 0.717) is 40.1 Å². The van der Waals surface area contributed by atoms with Crippen LogP contribution in [0, 0.1) is 0 Å². The summed E-state index contributed by atoms with van der Waals surface area (Å²) in [5, 5.41) is 21.3. The van der Waals surface area contributed by atoms with Crippen LogP contribution >= 0.6 is 91.3 Å². The number of para-hydroxylation sites is 1. The number of likely N-dealkylation sites (tertiary alicyclic amines) is 1. The molecule has 22 rings (SSSR count). The molecule has 1 saturated heterocycles. The average Bonchev–Trinajstić information content (AvgIpc) is 1.64. The van der Waals surface area contributed by atoms with E-state index in [1.807, 2.05) is 60.7 Å². The van der Waals surface area contributed by atoms with Gasteiger partial charge in [-0.3, -0.25) is 14.4 Å². The standard InChI is InChI=1S/C23H18BrClN2O2.C21H17BrN2O2.C19H26BrN3.C17H15BrN2O2.C16H15BrN2/c24-14-6-9-18-17(12-14)16-2-1-3-19(22(16)26-18)27-23(28)21-11-10-20(29-21)13-4-7-15(25)8-5-13;22-13-8-9-16-15(11-13)14-5-3-6-17(20(14)23-16)24-21(25)19-10-12-4-1-2-7-18(12)26-19;20-14-7-8-17-16(13-14)15-5-4-6-18(19(15)22-17)21-9-12-23-10-2-1-3-11-23;18-10-6-7-13-12(9-10)11-3-1-4-14(16(11)19-13)20-17(21)15-5-2-8-22-15;17-11-6-7-12-13-4-3-5-15(19-8-1-2-9-19)16(13)18-14(12)10-11/h4-12,19,26H,1-3H2,(H,27,28);1-2,4,7-11,17,23H,3,5-6H2,(H,24,25);7-8,13,18,21-22H,1-6,9-12H2;2,5-9,14,19H,1,3-4H2,(H,20,21);1-2,6-10,15,18H,3-5H2. The van der Waals surface area contributed by atoms with E-state index in [9.17, 15) is 14.4 Å². The van der Waals surface area contributed by atoms with Gasteiger partial charge < -0.3 is 68.9 Å². The van der Waals surface area contributed by atoms with Crippen LogP contribution in [0.25, 0.3) is 76.8 Å². The predicted octanol–water partition coefficient (Wildman–Crippen LogP) is 25.5. The van der Waals surface area contributed by atoms with E-state index in [1.165, 1.54) is 165 Å². The van der Waals surface area contributed by atoms with E-state index in [4.69, 9.17) is 24.9 Å². The number of carbonyl (C=O) groups excluding carboxylic acids is 3. The molecule has 0 saturated carbocycles. The molecule has 1 fully saturated rings. The first kappa shape index (κ1) is 80.7. The van der Waals surface area contributed by atoms with Crippen LogP contribution in [0.5, 0.6) is 0 Å². The molecule has 9 N–H and O–H groups in total. The Morgan fingerprint density at radius 1 is 0.403 bits per heavy atom. The first-order valence-electron chi connectivity index (χ1n) is 41.5. The highest BCUT2D eigenvalue weighted by Gasteiger charge is 2.32. The number of piperidine rings is 1. The molecule has 0 radical (unpaired) electrons. The highest BCUT2D eigenvalue weighted by atomic mass is 79.9. The number of furan rings is 3. The topological polar surface area (TPSA) is 226 Å². The summed E-state index contributed by atoms with van der Waals surface area (Å²) in [6.07, 6.45) is 26.4. The van der Waals surface area contributed by atoms with Gasteiger partial charge in [-0.25, -0.2) is 0 Å². The molecule has 608 valence electrons. The number of aromatic nitrogens is 6. The van der Waals surface area contributed by atoms with Gasteiger partial charge in [-0.1, -0.05) is 122 Å². The Morgan fingerprint density at radius 3 is 1.39 bits per heavy atom. The van der Waals surface area contributed by atoms with E-state index in [-0.39, 0.29) is 35.8 Å². The summed E-state index contributed by atoms with van der Waals surface area (Å²) in [6.45, 7) is 4.87. The minimum Gasteiger partial charge on any atom is -0.459 e. The zero-order valence-electron chi connectivity index (χ0n) is 65.6. The number of nitrogens with one attached hydrogen (secondary N) is 9. The van der Waals surface area contributed by atoms with Crippen molar-refractivity contribution < 1.29 is 27.6 Å². The van der Waals surface area contributed by atoms with Crippen LogP contribution < -0.4 is 21.3 Å². The van der Waals surface area contributed by atoms with Gasteiger partial charge in [0.15, 0.2) is 17.3 Å². The second-order valence-electron chi connectivity index (χ2n) is 31.9. The molecule has 1 aliphatic heterocycles. The van der Waals surface area contributed by atoms with Crippen LogP contribution in [0.15, 0.2) is 236 Å². The summed E-state index contributed by atoms with van der Waals surface area (Å²) >= 11 is 23.7. The van der Waals surface area contributed by atoms with Gasteiger partial charge in [0.25, 0.3) is 17.7 Å². The Hall–Kier alpha value is -9.36. The van der Waals surface area contributed by atoms with Gasteiger partial charge in [0, 0.05) is 153 Å². The molecule has 10 heterocycles. The highest BCUT2D eigenvalue weighted by Crippen LogP contribution is 2.43. The van der Waals surface area contributed by atoms with Crippen LogP contribution in [0.2, 0.25) is 5.02 Å².